The number of aromatic nitrogens is 1. The average molecular weight is 249 g/mol. The minimum Gasteiger partial charge on any atom is -0.398 e. The van der Waals surface area contributed by atoms with E-state index in [1.54, 1.807) is 19.4 Å². The Morgan fingerprint density at radius 2 is 2.33 bits per heavy atom. The Bertz CT molecular complexity index is 559. The van der Waals surface area contributed by atoms with Gasteiger partial charge in [-0.15, -0.1) is 0 Å². The number of pyridine rings is 1. The Kier molecular flexibility index (Phi) is 3.62. The van der Waals surface area contributed by atoms with Crippen molar-refractivity contribution in [2.24, 2.45) is 0 Å². The Morgan fingerprint density at radius 1 is 1.56 bits per heavy atom. The number of nitrogens with one attached hydrogen (secondary N) is 1. The van der Waals surface area contributed by atoms with Crippen LogP contribution in [0.15, 0.2) is 24.4 Å². The number of hydrogen-bond acceptors (Lipinski definition) is 4. The predicted molar refractivity (Wildman–Crippen MR) is 71.1 cm³/mol. The van der Waals surface area contributed by atoms with Gasteiger partial charge in [-0.1, -0.05) is 0 Å². The zero-order chi connectivity index (χ0) is 13.1. The molecule has 1 unspecified atom stereocenters. The lowest BCUT2D eigenvalue weighted by atomic mass is 10.1. The Hall–Kier alpha value is -1.88. The summed E-state index contributed by atoms with van der Waals surface area (Å²) < 4.78 is 19.0. The van der Waals surface area contributed by atoms with Crippen molar-refractivity contribution in [1.82, 2.24) is 4.98 Å². The SMILES string of the molecule is COCC(C)Nc1c(F)cc(N)c2cccnc12. The second-order valence-corrected chi connectivity index (χ2v) is 4.22. The molecule has 3 N–H and O–H groups in total. The fourth-order valence-electron chi connectivity index (χ4n) is 1.91. The number of ether oxygens (including phenoxy) is 1. The molecular formula is C13H16FN3O. The second kappa shape index (κ2) is 5.18. The van der Waals surface area contributed by atoms with Gasteiger partial charge in [0.1, 0.15) is 0 Å². The minimum atomic E-state index is -0.401. The van der Waals surface area contributed by atoms with Gasteiger partial charge in [-0.25, -0.2) is 4.39 Å². The van der Waals surface area contributed by atoms with Gasteiger partial charge in [0.05, 0.1) is 17.8 Å². The predicted octanol–water partition coefficient (Wildman–Crippen LogP) is 2.40. The monoisotopic (exact) mass is 249 g/mol. The topological polar surface area (TPSA) is 60.2 Å². The maximum absolute atomic E-state index is 14.0. The molecule has 0 spiro atoms. The third kappa shape index (κ3) is 2.36. The number of nitrogens with two attached hydrogens (primary N) is 1. The molecule has 0 saturated carbocycles. The molecule has 1 heterocycles. The lowest BCUT2D eigenvalue weighted by Gasteiger charge is -2.17. The van der Waals surface area contributed by atoms with Crippen LogP contribution in [0.25, 0.3) is 10.9 Å². The van der Waals surface area contributed by atoms with E-state index in [-0.39, 0.29) is 6.04 Å². The summed E-state index contributed by atoms with van der Waals surface area (Å²) in [7, 11) is 1.61. The number of methoxy groups -OCH3 is 1. The number of rotatable bonds is 4. The van der Waals surface area contributed by atoms with Gasteiger partial charge < -0.3 is 15.8 Å². The van der Waals surface area contributed by atoms with Crippen LogP contribution in [0.4, 0.5) is 15.8 Å². The van der Waals surface area contributed by atoms with E-state index in [1.165, 1.54) is 6.07 Å². The highest BCUT2D eigenvalue weighted by atomic mass is 19.1. The van der Waals surface area contributed by atoms with E-state index in [0.717, 1.165) is 5.39 Å². The van der Waals surface area contributed by atoms with Crippen molar-refractivity contribution >= 4 is 22.3 Å². The van der Waals surface area contributed by atoms with Crippen LogP contribution in [-0.4, -0.2) is 24.7 Å². The lowest BCUT2D eigenvalue weighted by Crippen LogP contribution is -2.21. The van der Waals surface area contributed by atoms with Crippen LogP contribution in [0.2, 0.25) is 0 Å². The quantitative estimate of drug-likeness (QED) is 0.817. The highest BCUT2D eigenvalue weighted by Crippen LogP contribution is 2.29. The van der Waals surface area contributed by atoms with Crippen LogP contribution in [0.1, 0.15) is 6.92 Å². The molecule has 4 nitrogen and oxygen atoms in total. The second-order valence-electron chi connectivity index (χ2n) is 4.22. The van der Waals surface area contributed by atoms with E-state index in [2.05, 4.69) is 10.3 Å². The zero-order valence-corrected chi connectivity index (χ0v) is 10.4. The molecule has 0 fully saturated rings. The first-order chi connectivity index (χ1) is 8.63. The van der Waals surface area contributed by atoms with E-state index < -0.39 is 5.82 Å². The third-order valence-corrected chi connectivity index (χ3v) is 2.68. The van der Waals surface area contributed by atoms with E-state index in [4.69, 9.17) is 10.5 Å². The summed E-state index contributed by atoms with van der Waals surface area (Å²) in [5.41, 5.74) is 7.08. The Balaban J connectivity index is 2.49. The van der Waals surface area contributed by atoms with Crippen molar-refractivity contribution in [3.63, 3.8) is 0 Å². The minimum absolute atomic E-state index is 0.0154. The van der Waals surface area contributed by atoms with Crippen LogP contribution in [0, 0.1) is 5.82 Å². The summed E-state index contributed by atoms with van der Waals surface area (Å²) in [6.45, 7) is 2.40. The number of halogens is 1. The number of nitrogens with zero attached hydrogens (tertiary/aromatic N) is 1. The molecule has 0 aliphatic carbocycles. The van der Waals surface area contributed by atoms with E-state index in [9.17, 15) is 4.39 Å². The fourth-order valence-corrected chi connectivity index (χ4v) is 1.91. The highest BCUT2D eigenvalue weighted by molar-refractivity contribution is 5.98. The molecule has 96 valence electrons. The normalized spacial score (nSPS) is 12.6. The fraction of sp³-hybridized carbons (Fsp3) is 0.308. The number of anilines is 2. The molecule has 1 aromatic carbocycles. The first-order valence-corrected chi connectivity index (χ1v) is 5.71. The maximum Gasteiger partial charge on any atom is 0.150 e. The van der Waals surface area contributed by atoms with Crippen molar-refractivity contribution < 1.29 is 9.13 Å². The number of benzene rings is 1. The largest absolute Gasteiger partial charge is 0.398 e. The van der Waals surface area contributed by atoms with Gasteiger partial charge in [0.15, 0.2) is 5.82 Å². The summed E-state index contributed by atoms with van der Waals surface area (Å²) in [5.74, 6) is -0.401. The molecule has 2 rings (SSSR count). The van der Waals surface area contributed by atoms with Gasteiger partial charge in [-0.05, 0) is 25.1 Å². The summed E-state index contributed by atoms with van der Waals surface area (Å²) in [4.78, 5) is 4.19. The van der Waals surface area contributed by atoms with Crippen LogP contribution < -0.4 is 11.1 Å². The molecule has 0 radical (unpaired) electrons. The summed E-state index contributed by atoms with van der Waals surface area (Å²) in [6.07, 6.45) is 1.62. The van der Waals surface area contributed by atoms with Crippen molar-refractivity contribution in [2.75, 3.05) is 24.8 Å². The van der Waals surface area contributed by atoms with Crippen LogP contribution >= 0.6 is 0 Å². The molecule has 5 heteroatoms. The molecule has 2 aromatic rings. The standard InChI is InChI=1S/C13H16FN3O/c1-8(7-18-2)17-13-10(14)6-11(15)9-4-3-5-16-12(9)13/h3-6,8,17H,7,15H2,1-2H3. The number of fused-ring (bicyclic) bond motifs is 1. The Morgan fingerprint density at radius 3 is 3.06 bits per heavy atom. The molecule has 1 atom stereocenters. The average Bonchev–Trinajstić information content (AvgIpc) is 2.35. The van der Waals surface area contributed by atoms with E-state index >= 15 is 0 Å². The van der Waals surface area contributed by atoms with Crippen LogP contribution in [0.5, 0.6) is 0 Å². The van der Waals surface area contributed by atoms with E-state index in [1.807, 2.05) is 13.0 Å². The lowest BCUT2D eigenvalue weighted by molar-refractivity contribution is 0.190. The van der Waals surface area contributed by atoms with Gasteiger partial charge in [-0.2, -0.15) is 0 Å². The summed E-state index contributed by atoms with van der Waals surface area (Å²) >= 11 is 0. The first kappa shape index (κ1) is 12.6. The van der Waals surface area contributed by atoms with E-state index in [0.29, 0.717) is 23.5 Å². The molecule has 0 aliphatic rings. The third-order valence-electron chi connectivity index (χ3n) is 2.68. The van der Waals surface area contributed by atoms with Gasteiger partial charge in [0.25, 0.3) is 0 Å². The smallest absolute Gasteiger partial charge is 0.150 e. The van der Waals surface area contributed by atoms with Gasteiger partial charge in [0, 0.05) is 30.4 Å². The molecule has 0 aliphatic heterocycles. The maximum atomic E-state index is 14.0. The Labute approximate surface area is 105 Å². The van der Waals surface area contributed by atoms with Crippen molar-refractivity contribution in [1.29, 1.82) is 0 Å². The molecule has 1 aromatic heterocycles. The van der Waals surface area contributed by atoms with Crippen molar-refractivity contribution in [3.05, 3.63) is 30.2 Å². The summed E-state index contributed by atoms with van der Waals surface area (Å²) in [5, 5.41) is 3.80. The molecule has 0 saturated heterocycles. The summed E-state index contributed by atoms with van der Waals surface area (Å²) in [6, 6.07) is 4.90. The van der Waals surface area contributed by atoms with Crippen molar-refractivity contribution in [2.45, 2.75) is 13.0 Å². The molecule has 18 heavy (non-hydrogen) atoms. The number of nitrogen functional groups attached to an aromatic ring is 1. The van der Waals surface area contributed by atoms with Gasteiger partial charge >= 0.3 is 0 Å². The zero-order valence-electron chi connectivity index (χ0n) is 10.4. The van der Waals surface area contributed by atoms with Crippen LogP contribution in [0.3, 0.4) is 0 Å². The number of hydrogen-bond donors (Lipinski definition) is 2. The molecule has 0 amide bonds. The molecular weight excluding hydrogens is 233 g/mol. The van der Waals surface area contributed by atoms with Gasteiger partial charge in [-0.3, -0.25) is 4.98 Å². The van der Waals surface area contributed by atoms with Gasteiger partial charge in [0.2, 0.25) is 0 Å². The van der Waals surface area contributed by atoms with Crippen molar-refractivity contribution in [3.8, 4) is 0 Å². The highest BCUT2D eigenvalue weighted by Gasteiger charge is 2.13. The molecule has 0 bridgehead atoms. The van der Waals surface area contributed by atoms with Crippen LogP contribution in [-0.2, 0) is 4.74 Å². The first-order valence-electron chi connectivity index (χ1n) is 5.71.